The van der Waals surface area contributed by atoms with E-state index in [0.717, 1.165) is 47.8 Å². The molecule has 9 heteroatoms. The first-order chi connectivity index (χ1) is 17.2. The van der Waals surface area contributed by atoms with Crippen LogP contribution in [0.2, 0.25) is 0 Å². The second-order valence-corrected chi connectivity index (χ2v) is 8.63. The highest BCUT2D eigenvalue weighted by Gasteiger charge is 2.27. The van der Waals surface area contributed by atoms with Gasteiger partial charge in [0.25, 0.3) is 5.56 Å². The second kappa shape index (κ2) is 8.84. The lowest BCUT2D eigenvalue weighted by Gasteiger charge is -2.21. The van der Waals surface area contributed by atoms with Crippen molar-refractivity contribution in [2.24, 2.45) is 0 Å². The Morgan fingerprint density at radius 2 is 1.89 bits per heavy atom. The summed E-state index contributed by atoms with van der Waals surface area (Å²) in [5.74, 6) is 0. The zero-order chi connectivity index (χ0) is 23.8. The van der Waals surface area contributed by atoms with Crippen LogP contribution in [0.25, 0.3) is 33.5 Å². The van der Waals surface area contributed by atoms with Gasteiger partial charge in [-0.05, 0) is 53.8 Å². The van der Waals surface area contributed by atoms with Crippen molar-refractivity contribution in [2.75, 3.05) is 13.2 Å². The molecule has 9 nitrogen and oxygen atoms in total. The van der Waals surface area contributed by atoms with Gasteiger partial charge in [0.05, 0.1) is 19.2 Å². The molecule has 6 rings (SSSR count). The zero-order valence-electron chi connectivity index (χ0n) is 18.9. The average Bonchev–Trinajstić information content (AvgIpc) is 3.26. The molecule has 0 aliphatic carbocycles. The molecule has 3 aliphatic heterocycles. The first-order valence-electron chi connectivity index (χ1n) is 11.5. The Morgan fingerprint density at radius 1 is 1.00 bits per heavy atom. The minimum atomic E-state index is -0.200. The van der Waals surface area contributed by atoms with E-state index in [1.54, 1.807) is 23.1 Å². The van der Waals surface area contributed by atoms with Gasteiger partial charge < -0.3 is 4.74 Å². The maximum absolute atomic E-state index is 13.2. The molecule has 1 fully saturated rings. The number of fused-ring (bicyclic) bond motifs is 3. The Morgan fingerprint density at radius 3 is 2.69 bits per heavy atom. The molecule has 0 spiro atoms. The van der Waals surface area contributed by atoms with Gasteiger partial charge >= 0.3 is 0 Å². The molecule has 0 amide bonds. The summed E-state index contributed by atoms with van der Waals surface area (Å²) in [6, 6.07) is 15.3. The normalized spacial score (nSPS) is 16.1. The maximum Gasteiger partial charge on any atom is 0.297 e. The van der Waals surface area contributed by atoms with E-state index in [2.05, 4.69) is 20.2 Å². The van der Waals surface area contributed by atoms with Gasteiger partial charge in [0, 0.05) is 24.4 Å². The van der Waals surface area contributed by atoms with Crippen molar-refractivity contribution in [3.05, 3.63) is 82.5 Å². The number of aldehydes is 1. The fourth-order valence-corrected chi connectivity index (χ4v) is 4.58. The van der Waals surface area contributed by atoms with E-state index < -0.39 is 0 Å². The number of hydrogen-bond donors (Lipinski definition) is 0. The van der Waals surface area contributed by atoms with Crippen molar-refractivity contribution in [1.82, 2.24) is 29.5 Å². The summed E-state index contributed by atoms with van der Waals surface area (Å²) in [7, 11) is 0. The first-order valence-corrected chi connectivity index (χ1v) is 11.5. The highest BCUT2D eigenvalue weighted by Crippen LogP contribution is 2.27. The third kappa shape index (κ3) is 3.89. The average molecular weight is 467 g/mol. The molecule has 1 saturated heterocycles. The highest BCUT2D eigenvalue weighted by atomic mass is 16.5. The number of aromatic nitrogens is 6. The topological polar surface area (TPSA) is 105 Å². The number of carbonyl (C=O) groups excluding carboxylic acids is 1. The molecule has 0 bridgehead atoms. The van der Waals surface area contributed by atoms with Gasteiger partial charge in [-0.25, -0.2) is 14.3 Å². The van der Waals surface area contributed by atoms with Gasteiger partial charge in [-0.1, -0.05) is 24.3 Å². The molecule has 1 unspecified atom stereocenters. The van der Waals surface area contributed by atoms with Gasteiger partial charge in [0.15, 0.2) is 17.6 Å². The number of hydrogen-bond acceptors (Lipinski definition) is 7. The van der Waals surface area contributed by atoms with Crippen molar-refractivity contribution in [1.29, 1.82) is 0 Å². The van der Waals surface area contributed by atoms with Gasteiger partial charge in [0.1, 0.15) is 11.4 Å². The molecule has 2 aromatic heterocycles. The summed E-state index contributed by atoms with van der Waals surface area (Å²) in [4.78, 5) is 32.9. The highest BCUT2D eigenvalue weighted by molar-refractivity contribution is 5.89. The molecule has 35 heavy (non-hydrogen) atoms. The van der Waals surface area contributed by atoms with E-state index in [1.807, 2.05) is 42.5 Å². The van der Waals surface area contributed by atoms with E-state index in [9.17, 15) is 9.59 Å². The van der Waals surface area contributed by atoms with E-state index in [1.165, 1.54) is 4.68 Å². The van der Waals surface area contributed by atoms with Crippen LogP contribution in [-0.2, 0) is 11.3 Å². The summed E-state index contributed by atoms with van der Waals surface area (Å²) in [5, 5.41) is 10.1. The third-order valence-electron chi connectivity index (χ3n) is 6.35. The Bertz CT molecular complexity index is 1550. The Labute approximate surface area is 200 Å². The number of nitrogens with zero attached hydrogens (tertiary/aromatic N) is 6. The molecule has 5 heterocycles. The van der Waals surface area contributed by atoms with Crippen LogP contribution >= 0.6 is 0 Å². The molecule has 3 aromatic rings. The lowest BCUT2D eigenvalue weighted by atomic mass is 10.0. The van der Waals surface area contributed by atoms with Gasteiger partial charge in [-0.3, -0.25) is 14.6 Å². The fourth-order valence-electron chi connectivity index (χ4n) is 4.58. The lowest BCUT2D eigenvalue weighted by Crippen LogP contribution is -2.29. The monoisotopic (exact) mass is 466 g/mol. The summed E-state index contributed by atoms with van der Waals surface area (Å²) in [5.41, 5.74) is 4.67. The lowest BCUT2D eigenvalue weighted by molar-refractivity contribution is 0.0540. The maximum atomic E-state index is 13.2. The zero-order valence-corrected chi connectivity index (χ0v) is 18.9. The van der Waals surface area contributed by atoms with Crippen molar-refractivity contribution < 1.29 is 9.53 Å². The fraction of sp³-hybridized carbons (Fsp3) is 0.231. The molecule has 0 radical (unpaired) electrons. The second-order valence-electron chi connectivity index (χ2n) is 8.63. The SMILES string of the molecule is O=Cc1cc(-c2ccc(Cn3nc4c(=O)n(C5CCCOC5)nc-4c4cccnc43)cc2)ccn1. The summed E-state index contributed by atoms with van der Waals surface area (Å²) in [6.07, 6.45) is 5.84. The van der Waals surface area contributed by atoms with Crippen LogP contribution in [0.3, 0.4) is 0 Å². The molecule has 0 N–H and O–H groups in total. The van der Waals surface area contributed by atoms with Gasteiger partial charge in [-0.15, -0.1) is 0 Å². The number of carbonyl (C=O) groups is 1. The smallest absolute Gasteiger partial charge is 0.297 e. The minimum Gasteiger partial charge on any atom is -0.379 e. The third-order valence-corrected chi connectivity index (χ3v) is 6.35. The molecule has 1 atom stereocenters. The van der Waals surface area contributed by atoms with Crippen molar-refractivity contribution >= 4 is 17.3 Å². The number of benzene rings is 1. The quantitative estimate of drug-likeness (QED) is 0.366. The summed E-state index contributed by atoms with van der Waals surface area (Å²) in [6.45, 7) is 1.64. The number of rotatable bonds is 5. The predicted octanol–water partition coefficient (Wildman–Crippen LogP) is 3.37. The Hall–Kier alpha value is -4.24. The number of ether oxygens (including phenoxy) is 1. The van der Waals surface area contributed by atoms with E-state index in [4.69, 9.17) is 4.74 Å². The molecular weight excluding hydrogens is 444 g/mol. The largest absolute Gasteiger partial charge is 0.379 e. The van der Waals surface area contributed by atoms with Crippen LogP contribution in [0.1, 0.15) is 34.9 Å². The van der Waals surface area contributed by atoms with Crippen LogP contribution in [0.5, 0.6) is 0 Å². The molecule has 1 aromatic carbocycles. The molecule has 3 aliphatic rings. The van der Waals surface area contributed by atoms with Crippen LogP contribution in [0, 0.1) is 0 Å². The molecule has 174 valence electrons. The van der Waals surface area contributed by atoms with Gasteiger partial charge in [0.2, 0.25) is 0 Å². The van der Waals surface area contributed by atoms with Crippen molar-refractivity contribution in [3.63, 3.8) is 0 Å². The van der Waals surface area contributed by atoms with Crippen LogP contribution in [0.4, 0.5) is 0 Å². The molecular formula is C26H22N6O3. The number of pyridine rings is 2. The van der Waals surface area contributed by atoms with E-state index in [-0.39, 0.29) is 11.6 Å². The Kier molecular flexibility index (Phi) is 5.38. The summed E-state index contributed by atoms with van der Waals surface area (Å²) < 4.78 is 8.86. The Balaban J connectivity index is 1.38. The van der Waals surface area contributed by atoms with Crippen LogP contribution in [-0.4, -0.2) is 49.0 Å². The van der Waals surface area contributed by atoms with Gasteiger partial charge in [-0.2, -0.15) is 10.2 Å². The van der Waals surface area contributed by atoms with Crippen LogP contribution in [0.15, 0.2) is 65.7 Å². The van der Waals surface area contributed by atoms with E-state index >= 15 is 0 Å². The minimum absolute atomic E-state index is 0.0777. The van der Waals surface area contributed by atoms with Crippen molar-refractivity contribution in [2.45, 2.75) is 25.4 Å². The standard InChI is InChI=1S/C26H22N6O3/c33-15-20-13-19(9-11-27-20)18-7-5-17(6-8-18)14-31-25-22(4-1-10-28-25)23-24(29-31)26(34)32(30-23)21-3-2-12-35-16-21/h1,4-11,13,15,21H,2-3,12,14,16H2. The van der Waals surface area contributed by atoms with Crippen LogP contribution < -0.4 is 5.56 Å². The first kappa shape index (κ1) is 21.3. The molecule has 0 saturated carbocycles. The predicted molar refractivity (Wildman–Crippen MR) is 129 cm³/mol. The summed E-state index contributed by atoms with van der Waals surface area (Å²) >= 11 is 0. The van der Waals surface area contributed by atoms with E-state index in [0.29, 0.717) is 35.9 Å². The van der Waals surface area contributed by atoms with Crippen molar-refractivity contribution in [3.8, 4) is 22.5 Å².